The van der Waals surface area contributed by atoms with Gasteiger partial charge in [-0.3, -0.25) is 14.4 Å². The lowest BCUT2D eigenvalue weighted by molar-refractivity contribution is -0.138. The standard InChI is InChI=1S/C28H28ClF3N4O3/c1-27(2,3)23(34-24(37)22-10-15-6-4-5-7-21(15)33-22)26(39)36-14-17-12-18(36)13-35(17)25(38)19-11-16(28(30,31)32)8-9-20(19)29/h4-11,17-18,23,33H,12-14H2,1-3H3,(H,34,37)/t17-,18-,23?/m0/s1. The van der Waals surface area contributed by atoms with Crippen LogP contribution in [-0.2, 0) is 11.0 Å². The molecule has 206 valence electrons. The van der Waals surface area contributed by atoms with Gasteiger partial charge in [-0.1, -0.05) is 50.6 Å². The SMILES string of the molecule is CC(C)(C)C(NC(=O)c1cc2ccccc2[nH]1)C(=O)N1C[C@@H]2C[C@H]1CN2C(=O)c1cc(C(F)(F)F)ccc1Cl. The van der Waals surface area contributed by atoms with E-state index in [1.807, 2.05) is 45.0 Å². The van der Waals surface area contributed by atoms with E-state index in [9.17, 15) is 27.6 Å². The summed E-state index contributed by atoms with van der Waals surface area (Å²) in [5.74, 6) is -1.26. The Morgan fingerprint density at radius 1 is 1.00 bits per heavy atom. The van der Waals surface area contributed by atoms with E-state index in [0.29, 0.717) is 12.1 Å². The van der Waals surface area contributed by atoms with Crippen LogP contribution in [0.3, 0.4) is 0 Å². The van der Waals surface area contributed by atoms with E-state index >= 15 is 0 Å². The maximum Gasteiger partial charge on any atom is 0.416 e. The largest absolute Gasteiger partial charge is 0.416 e. The van der Waals surface area contributed by atoms with Crippen molar-refractivity contribution in [1.29, 1.82) is 0 Å². The number of halogens is 4. The van der Waals surface area contributed by atoms with Crippen LogP contribution in [0.5, 0.6) is 0 Å². The van der Waals surface area contributed by atoms with Crippen molar-refractivity contribution in [2.75, 3.05) is 13.1 Å². The van der Waals surface area contributed by atoms with Crippen LogP contribution in [-0.4, -0.2) is 63.7 Å². The third-order valence-electron chi connectivity index (χ3n) is 7.47. The molecule has 2 aliphatic rings. The number of amides is 3. The quantitative estimate of drug-likeness (QED) is 0.465. The molecule has 2 fully saturated rings. The van der Waals surface area contributed by atoms with Crippen molar-refractivity contribution in [1.82, 2.24) is 20.1 Å². The van der Waals surface area contributed by atoms with Gasteiger partial charge in [0, 0.05) is 24.0 Å². The number of para-hydroxylation sites is 1. The van der Waals surface area contributed by atoms with Crippen molar-refractivity contribution in [2.45, 2.75) is 51.5 Å². The number of aromatic amines is 1. The summed E-state index contributed by atoms with van der Waals surface area (Å²) in [5.41, 5.74) is -0.619. The number of carbonyl (C=O) groups excluding carboxylic acids is 3. The van der Waals surface area contributed by atoms with E-state index < -0.39 is 35.0 Å². The first-order chi connectivity index (χ1) is 18.2. The minimum atomic E-state index is -4.61. The number of carbonyl (C=O) groups is 3. The van der Waals surface area contributed by atoms with Crippen LogP contribution >= 0.6 is 11.6 Å². The highest BCUT2D eigenvalue weighted by Crippen LogP contribution is 2.37. The number of alkyl halides is 3. The third kappa shape index (κ3) is 5.09. The molecule has 2 saturated heterocycles. The van der Waals surface area contributed by atoms with Crippen LogP contribution in [0.1, 0.15) is 53.6 Å². The monoisotopic (exact) mass is 560 g/mol. The fourth-order valence-electron chi connectivity index (χ4n) is 5.42. The van der Waals surface area contributed by atoms with Crippen molar-refractivity contribution in [2.24, 2.45) is 5.41 Å². The van der Waals surface area contributed by atoms with Crippen LogP contribution in [0.15, 0.2) is 48.5 Å². The second-order valence-electron chi connectivity index (χ2n) is 11.2. The number of likely N-dealkylation sites (tertiary alicyclic amines) is 2. The lowest BCUT2D eigenvalue weighted by Gasteiger charge is -2.39. The normalized spacial score (nSPS) is 20.0. The highest BCUT2D eigenvalue weighted by atomic mass is 35.5. The molecule has 3 heterocycles. The van der Waals surface area contributed by atoms with Crippen LogP contribution in [0.2, 0.25) is 5.02 Å². The van der Waals surface area contributed by atoms with Crippen LogP contribution in [0, 0.1) is 5.41 Å². The summed E-state index contributed by atoms with van der Waals surface area (Å²) in [6, 6.07) is 10.4. The minimum absolute atomic E-state index is 0.0591. The highest BCUT2D eigenvalue weighted by molar-refractivity contribution is 6.33. The molecule has 7 nitrogen and oxygen atoms in total. The second kappa shape index (κ2) is 9.59. The van der Waals surface area contributed by atoms with Gasteiger partial charge < -0.3 is 20.1 Å². The summed E-state index contributed by atoms with van der Waals surface area (Å²) in [7, 11) is 0. The fourth-order valence-corrected chi connectivity index (χ4v) is 5.62. The Bertz CT molecular complexity index is 1430. The van der Waals surface area contributed by atoms with Crippen LogP contribution in [0.25, 0.3) is 10.9 Å². The predicted molar refractivity (Wildman–Crippen MR) is 140 cm³/mol. The molecular formula is C28H28ClF3N4O3. The van der Waals surface area contributed by atoms with Gasteiger partial charge in [-0.05, 0) is 42.2 Å². The first-order valence-corrected chi connectivity index (χ1v) is 13.0. The van der Waals surface area contributed by atoms with Gasteiger partial charge in [0.25, 0.3) is 11.8 Å². The topological polar surface area (TPSA) is 85.5 Å². The van der Waals surface area contributed by atoms with E-state index in [1.165, 1.54) is 4.90 Å². The van der Waals surface area contributed by atoms with E-state index in [1.54, 1.807) is 11.0 Å². The smallest absolute Gasteiger partial charge is 0.351 e. The number of nitrogens with zero attached hydrogens (tertiary/aromatic N) is 2. The van der Waals surface area contributed by atoms with Crippen LogP contribution in [0.4, 0.5) is 13.2 Å². The number of fused-ring (bicyclic) bond motifs is 3. The van der Waals surface area contributed by atoms with Crippen LogP contribution < -0.4 is 5.32 Å². The predicted octanol–water partition coefficient (Wildman–Crippen LogP) is 5.11. The average Bonchev–Trinajstić information content (AvgIpc) is 3.59. The zero-order valence-corrected chi connectivity index (χ0v) is 22.4. The van der Waals surface area contributed by atoms with E-state index in [2.05, 4.69) is 10.3 Å². The summed E-state index contributed by atoms with van der Waals surface area (Å²) in [6.07, 6.45) is -4.10. The Labute approximate surface area is 228 Å². The second-order valence-corrected chi connectivity index (χ2v) is 11.6. The Hall–Kier alpha value is -3.53. The molecular weight excluding hydrogens is 533 g/mol. The van der Waals surface area contributed by atoms with Gasteiger partial charge in [0.15, 0.2) is 0 Å². The van der Waals surface area contributed by atoms with Crippen molar-refractivity contribution in [3.05, 3.63) is 70.4 Å². The van der Waals surface area contributed by atoms with Crippen molar-refractivity contribution in [3.63, 3.8) is 0 Å². The molecule has 1 unspecified atom stereocenters. The number of rotatable bonds is 4. The average molecular weight is 561 g/mol. The number of hydrogen-bond acceptors (Lipinski definition) is 3. The lowest BCUT2D eigenvalue weighted by atomic mass is 9.85. The first kappa shape index (κ1) is 27.1. The molecule has 3 atom stereocenters. The Balaban J connectivity index is 1.31. The summed E-state index contributed by atoms with van der Waals surface area (Å²) < 4.78 is 39.6. The number of nitrogens with one attached hydrogen (secondary N) is 2. The van der Waals surface area contributed by atoms with Crippen molar-refractivity contribution >= 4 is 40.2 Å². The van der Waals surface area contributed by atoms with E-state index in [4.69, 9.17) is 11.6 Å². The molecule has 0 radical (unpaired) electrons. The summed E-state index contributed by atoms with van der Waals surface area (Å²) >= 11 is 6.10. The molecule has 39 heavy (non-hydrogen) atoms. The molecule has 3 amide bonds. The number of H-pyrrole nitrogens is 1. The fraction of sp³-hybridized carbons (Fsp3) is 0.393. The van der Waals surface area contributed by atoms with Gasteiger partial charge in [-0.15, -0.1) is 0 Å². The molecule has 0 spiro atoms. The van der Waals surface area contributed by atoms with Gasteiger partial charge in [-0.2, -0.15) is 13.2 Å². The van der Waals surface area contributed by atoms with E-state index in [0.717, 1.165) is 29.1 Å². The summed E-state index contributed by atoms with van der Waals surface area (Å²) in [6.45, 7) is 5.98. The molecule has 2 aromatic carbocycles. The number of piperazine rings is 1. The molecule has 2 N–H and O–H groups in total. The molecule has 0 saturated carbocycles. The van der Waals surface area contributed by atoms with Crippen molar-refractivity contribution in [3.8, 4) is 0 Å². The Kier molecular flexibility index (Phi) is 6.65. The minimum Gasteiger partial charge on any atom is -0.351 e. The molecule has 2 bridgehead atoms. The molecule has 2 aliphatic heterocycles. The van der Waals surface area contributed by atoms with Gasteiger partial charge in [0.2, 0.25) is 5.91 Å². The Morgan fingerprint density at radius 3 is 2.28 bits per heavy atom. The highest BCUT2D eigenvalue weighted by Gasteiger charge is 2.50. The number of hydrogen-bond donors (Lipinski definition) is 2. The zero-order valence-electron chi connectivity index (χ0n) is 21.6. The summed E-state index contributed by atoms with van der Waals surface area (Å²) in [5, 5.41) is 3.71. The Morgan fingerprint density at radius 2 is 1.67 bits per heavy atom. The maximum absolute atomic E-state index is 13.7. The van der Waals surface area contributed by atoms with Gasteiger partial charge in [-0.25, -0.2) is 0 Å². The first-order valence-electron chi connectivity index (χ1n) is 12.6. The summed E-state index contributed by atoms with van der Waals surface area (Å²) in [4.78, 5) is 46.3. The van der Waals surface area contributed by atoms with Gasteiger partial charge >= 0.3 is 6.18 Å². The zero-order chi connectivity index (χ0) is 28.3. The number of aromatic nitrogens is 1. The maximum atomic E-state index is 13.7. The third-order valence-corrected chi connectivity index (χ3v) is 7.80. The molecule has 5 rings (SSSR count). The molecule has 0 aliphatic carbocycles. The van der Waals surface area contributed by atoms with Crippen molar-refractivity contribution < 1.29 is 27.6 Å². The van der Waals surface area contributed by atoms with Gasteiger partial charge in [0.1, 0.15) is 11.7 Å². The lowest BCUT2D eigenvalue weighted by Crippen LogP contribution is -2.59. The molecule has 1 aromatic heterocycles. The molecule has 11 heteroatoms. The number of benzene rings is 2. The van der Waals surface area contributed by atoms with Gasteiger partial charge in [0.05, 0.1) is 28.2 Å². The van der Waals surface area contributed by atoms with E-state index in [-0.39, 0.29) is 41.7 Å². The molecule has 3 aromatic rings.